The average Bonchev–Trinajstić information content (AvgIpc) is 3.14. The van der Waals surface area contributed by atoms with Gasteiger partial charge in [0, 0.05) is 6.54 Å². The largest absolute Gasteiger partial charge is 0.338 e. The van der Waals surface area contributed by atoms with Crippen molar-refractivity contribution in [1.82, 2.24) is 24.6 Å². The first-order valence-corrected chi connectivity index (χ1v) is 10.6. The van der Waals surface area contributed by atoms with Gasteiger partial charge in [0.25, 0.3) is 5.56 Å². The van der Waals surface area contributed by atoms with Crippen molar-refractivity contribution >= 4 is 22.7 Å². The summed E-state index contributed by atoms with van der Waals surface area (Å²) in [6, 6.07) is 7.49. The summed E-state index contributed by atoms with van der Waals surface area (Å²) in [5, 5.41) is 5.10. The molecule has 150 valence electrons. The van der Waals surface area contributed by atoms with Gasteiger partial charge in [-0.05, 0) is 52.0 Å². The van der Waals surface area contributed by atoms with E-state index in [4.69, 9.17) is 9.51 Å². The minimum absolute atomic E-state index is 0.00144. The number of hydrogen-bond acceptors (Lipinski definition) is 7. The van der Waals surface area contributed by atoms with Gasteiger partial charge in [-0.15, -0.1) is 0 Å². The fourth-order valence-electron chi connectivity index (χ4n) is 3.11. The number of para-hydroxylation sites is 1. The zero-order valence-electron chi connectivity index (χ0n) is 16.9. The van der Waals surface area contributed by atoms with Crippen molar-refractivity contribution in [3.05, 3.63) is 46.3 Å². The number of thioether (sulfide) groups is 1. The van der Waals surface area contributed by atoms with Crippen molar-refractivity contribution < 1.29 is 4.52 Å². The van der Waals surface area contributed by atoms with Crippen molar-refractivity contribution in [2.75, 3.05) is 19.6 Å². The van der Waals surface area contributed by atoms with Crippen LogP contribution in [0.5, 0.6) is 0 Å². The molecule has 0 aliphatic heterocycles. The van der Waals surface area contributed by atoms with Crippen LogP contribution in [0.3, 0.4) is 0 Å². The zero-order chi connectivity index (χ0) is 20.1. The topological polar surface area (TPSA) is 77.1 Å². The van der Waals surface area contributed by atoms with Gasteiger partial charge >= 0.3 is 0 Å². The number of hydrogen-bond donors (Lipinski definition) is 0. The van der Waals surface area contributed by atoms with Crippen LogP contribution in [0.25, 0.3) is 10.9 Å². The second kappa shape index (κ2) is 9.34. The number of nitrogens with zero attached hydrogens (tertiary/aromatic N) is 5. The molecule has 7 nitrogen and oxygen atoms in total. The molecule has 0 fully saturated rings. The predicted octanol–water partition coefficient (Wildman–Crippen LogP) is 3.67. The quantitative estimate of drug-likeness (QED) is 0.400. The molecule has 28 heavy (non-hydrogen) atoms. The van der Waals surface area contributed by atoms with Gasteiger partial charge in [0.1, 0.15) is 0 Å². The van der Waals surface area contributed by atoms with Gasteiger partial charge in [-0.3, -0.25) is 9.36 Å². The molecule has 8 heteroatoms. The number of benzene rings is 1. The monoisotopic (exact) mass is 401 g/mol. The number of aromatic nitrogens is 4. The van der Waals surface area contributed by atoms with Gasteiger partial charge < -0.3 is 9.42 Å². The molecule has 0 radical (unpaired) electrons. The van der Waals surface area contributed by atoms with E-state index in [0.717, 1.165) is 26.1 Å². The van der Waals surface area contributed by atoms with Crippen LogP contribution in [0, 0.1) is 6.92 Å². The van der Waals surface area contributed by atoms with Gasteiger partial charge in [-0.25, -0.2) is 4.98 Å². The second-order valence-electron chi connectivity index (χ2n) is 6.69. The molecular formula is C20H27N5O2S. The Morgan fingerprint density at radius 1 is 1.21 bits per heavy atom. The average molecular weight is 402 g/mol. The van der Waals surface area contributed by atoms with E-state index in [1.165, 1.54) is 11.8 Å². The molecule has 0 unspecified atom stereocenters. The molecule has 0 saturated heterocycles. The van der Waals surface area contributed by atoms with Crippen molar-refractivity contribution in [2.45, 2.75) is 51.1 Å². The Morgan fingerprint density at radius 2 is 1.96 bits per heavy atom. The summed E-state index contributed by atoms with van der Waals surface area (Å²) >= 11 is 1.48. The van der Waals surface area contributed by atoms with Crippen LogP contribution >= 0.6 is 11.8 Å². The first kappa shape index (κ1) is 20.5. The third-order valence-corrected chi connectivity index (χ3v) is 5.83. The fourth-order valence-corrected chi connectivity index (χ4v) is 4.08. The predicted molar refractivity (Wildman–Crippen MR) is 112 cm³/mol. The van der Waals surface area contributed by atoms with Crippen LogP contribution in [-0.2, 0) is 6.54 Å². The minimum atomic E-state index is -0.0942. The zero-order valence-corrected chi connectivity index (χ0v) is 17.7. The smallest absolute Gasteiger partial charge is 0.262 e. The SMILES string of the molecule is CCN(CC)CCCn1c(S[C@H](C)c2nc(C)no2)nc2ccccc2c1=O. The molecule has 0 spiro atoms. The summed E-state index contributed by atoms with van der Waals surface area (Å²) in [6.07, 6.45) is 0.892. The second-order valence-corrected chi connectivity index (χ2v) is 8.00. The number of fused-ring (bicyclic) bond motifs is 1. The van der Waals surface area contributed by atoms with Crippen LogP contribution in [0.2, 0.25) is 0 Å². The Bertz CT molecular complexity index is 980. The third-order valence-electron chi connectivity index (χ3n) is 4.75. The van der Waals surface area contributed by atoms with Gasteiger partial charge in [0.15, 0.2) is 11.0 Å². The molecule has 0 bridgehead atoms. The van der Waals surface area contributed by atoms with Crippen LogP contribution in [0.4, 0.5) is 0 Å². The van der Waals surface area contributed by atoms with E-state index in [9.17, 15) is 4.79 Å². The van der Waals surface area contributed by atoms with Crippen LogP contribution < -0.4 is 5.56 Å². The molecule has 0 amide bonds. The minimum Gasteiger partial charge on any atom is -0.338 e. The summed E-state index contributed by atoms with van der Waals surface area (Å²) in [7, 11) is 0. The molecule has 2 heterocycles. The first-order valence-electron chi connectivity index (χ1n) is 9.72. The first-order chi connectivity index (χ1) is 13.5. The highest BCUT2D eigenvalue weighted by Crippen LogP contribution is 2.33. The number of rotatable bonds is 9. The maximum absolute atomic E-state index is 13.1. The van der Waals surface area contributed by atoms with Crippen molar-refractivity contribution in [3.63, 3.8) is 0 Å². The van der Waals surface area contributed by atoms with E-state index >= 15 is 0 Å². The molecule has 0 aliphatic rings. The molecule has 3 rings (SSSR count). The van der Waals surface area contributed by atoms with Crippen LogP contribution in [0.1, 0.15) is 44.2 Å². The summed E-state index contributed by atoms with van der Waals surface area (Å²) in [4.78, 5) is 24.6. The maximum atomic E-state index is 13.1. The van der Waals surface area contributed by atoms with Crippen molar-refractivity contribution in [2.24, 2.45) is 0 Å². The summed E-state index contributed by atoms with van der Waals surface area (Å²) < 4.78 is 7.08. The van der Waals surface area contributed by atoms with Gasteiger partial charge in [0.05, 0.1) is 16.2 Å². The lowest BCUT2D eigenvalue weighted by atomic mass is 10.2. The fraction of sp³-hybridized carbons (Fsp3) is 0.500. The van der Waals surface area contributed by atoms with E-state index < -0.39 is 0 Å². The molecule has 2 aromatic heterocycles. The molecule has 1 aromatic carbocycles. The molecule has 0 N–H and O–H groups in total. The summed E-state index contributed by atoms with van der Waals surface area (Å²) in [5.41, 5.74) is 0.713. The summed E-state index contributed by atoms with van der Waals surface area (Å²) in [6.45, 7) is 11.7. The standard InChI is InChI=1S/C20H27N5O2S/c1-5-24(6-2)12-9-13-25-19(26)16-10-7-8-11-17(16)22-20(25)28-14(3)18-21-15(4)23-27-18/h7-8,10-11,14H,5-6,9,12-13H2,1-4H3/t14-/m1/s1. The Kier molecular flexibility index (Phi) is 6.85. The molecular weight excluding hydrogens is 374 g/mol. The van der Waals surface area contributed by atoms with Gasteiger partial charge in [-0.1, -0.05) is 42.9 Å². The van der Waals surface area contributed by atoms with E-state index in [1.54, 1.807) is 11.5 Å². The highest BCUT2D eigenvalue weighted by Gasteiger charge is 2.19. The lowest BCUT2D eigenvalue weighted by molar-refractivity contribution is 0.290. The third kappa shape index (κ3) is 4.62. The number of aryl methyl sites for hydroxylation is 1. The molecule has 0 saturated carbocycles. The summed E-state index contributed by atoms with van der Waals surface area (Å²) in [5.74, 6) is 1.14. The van der Waals surface area contributed by atoms with E-state index in [-0.39, 0.29) is 10.8 Å². The highest BCUT2D eigenvalue weighted by atomic mass is 32.2. The van der Waals surface area contributed by atoms with E-state index in [0.29, 0.717) is 34.3 Å². The van der Waals surface area contributed by atoms with Gasteiger partial charge in [0.2, 0.25) is 5.89 Å². The van der Waals surface area contributed by atoms with Crippen molar-refractivity contribution in [1.29, 1.82) is 0 Å². The molecule has 0 aliphatic carbocycles. The van der Waals surface area contributed by atoms with Crippen molar-refractivity contribution in [3.8, 4) is 0 Å². The normalized spacial score (nSPS) is 12.8. The highest BCUT2D eigenvalue weighted by molar-refractivity contribution is 7.99. The Labute approximate surface area is 169 Å². The van der Waals surface area contributed by atoms with Crippen LogP contribution in [-0.4, -0.2) is 44.2 Å². The lowest BCUT2D eigenvalue weighted by Gasteiger charge is -2.19. The van der Waals surface area contributed by atoms with Gasteiger partial charge in [-0.2, -0.15) is 4.98 Å². The van der Waals surface area contributed by atoms with E-state index in [1.807, 2.05) is 31.2 Å². The van der Waals surface area contributed by atoms with Crippen LogP contribution in [0.15, 0.2) is 38.7 Å². The molecule has 1 atom stereocenters. The Morgan fingerprint density at radius 3 is 2.64 bits per heavy atom. The van der Waals surface area contributed by atoms with E-state index in [2.05, 4.69) is 28.9 Å². The Hall–Kier alpha value is -2.19. The maximum Gasteiger partial charge on any atom is 0.262 e. The lowest BCUT2D eigenvalue weighted by Crippen LogP contribution is -2.28. The Balaban J connectivity index is 1.91. The molecule has 3 aromatic rings.